The average molecular weight is 772 g/mol. The standard InChI is InChI=1S/C40H49N7O7S/c1-45-19-21-46(22-20-45)39(51)41-33-16-6-4-2-3-5-11-26-24-40(26,38(50)44-55(52,53)28-17-18-28)42-36(48)34-23-27(25-47(34)37(33)49)54-43-35-31-14-9-7-12-29(31)30-13-8-10-15-32(30)35/h5,7-15,26-28,33-34H,2-4,6,16-25H2,1H3,(H,41,51)(H,42,48)(H,44,50)/b11-5-/t26?,27-,33+,34+,40?/m1/s1. The Morgan fingerprint density at radius 1 is 0.909 bits per heavy atom. The molecule has 2 saturated heterocycles. The van der Waals surface area contributed by atoms with Crippen molar-refractivity contribution in [3.63, 3.8) is 0 Å². The molecule has 14 nitrogen and oxygen atoms in total. The molecule has 3 aliphatic heterocycles. The maximum Gasteiger partial charge on any atom is 0.318 e. The van der Waals surface area contributed by atoms with E-state index >= 15 is 0 Å². The third-order valence-electron chi connectivity index (χ3n) is 11.9. The van der Waals surface area contributed by atoms with Crippen LogP contribution >= 0.6 is 0 Å². The molecule has 4 fully saturated rings. The van der Waals surface area contributed by atoms with Crippen LogP contribution < -0.4 is 15.4 Å². The third kappa shape index (κ3) is 7.60. The summed E-state index contributed by atoms with van der Waals surface area (Å²) in [6.45, 7) is 2.55. The van der Waals surface area contributed by atoms with E-state index in [0.717, 1.165) is 54.6 Å². The summed E-state index contributed by atoms with van der Waals surface area (Å²) in [5.74, 6) is -2.17. The Balaban J connectivity index is 1.08. The summed E-state index contributed by atoms with van der Waals surface area (Å²) < 4.78 is 28.0. The molecule has 15 heteroatoms. The van der Waals surface area contributed by atoms with Gasteiger partial charge in [0.25, 0.3) is 5.91 Å². The molecule has 5 amide bonds. The van der Waals surface area contributed by atoms with Crippen molar-refractivity contribution in [3.8, 4) is 11.1 Å². The zero-order chi connectivity index (χ0) is 38.3. The fourth-order valence-corrected chi connectivity index (χ4v) is 9.67. The highest BCUT2D eigenvalue weighted by molar-refractivity contribution is 7.91. The summed E-state index contributed by atoms with van der Waals surface area (Å²) in [4.78, 5) is 67.9. The van der Waals surface area contributed by atoms with Gasteiger partial charge in [-0.25, -0.2) is 13.2 Å². The van der Waals surface area contributed by atoms with E-state index in [2.05, 4.69) is 25.4 Å². The average Bonchev–Trinajstić information content (AvgIpc) is 4.08. The third-order valence-corrected chi connectivity index (χ3v) is 13.7. The van der Waals surface area contributed by atoms with Crippen molar-refractivity contribution < 1.29 is 32.4 Å². The van der Waals surface area contributed by atoms with Crippen LogP contribution in [0, 0.1) is 5.92 Å². The van der Waals surface area contributed by atoms with Crippen LogP contribution in [0.1, 0.15) is 68.9 Å². The normalized spacial score (nSPS) is 29.0. The van der Waals surface area contributed by atoms with Crippen LogP contribution in [0.25, 0.3) is 11.1 Å². The summed E-state index contributed by atoms with van der Waals surface area (Å²) in [5.41, 5.74) is 3.08. The molecule has 3 aliphatic carbocycles. The fourth-order valence-electron chi connectivity index (χ4n) is 8.31. The molecule has 292 valence electrons. The van der Waals surface area contributed by atoms with E-state index in [-0.39, 0.29) is 25.4 Å². The number of rotatable bonds is 6. The number of urea groups is 1. The summed E-state index contributed by atoms with van der Waals surface area (Å²) >= 11 is 0. The van der Waals surface area contributed by atoms with Gasteiger partial charge >= 0.3 is 6.03 Å². The smallest absolute Gasteiger partial charge is 0.318 e. The maximum atomic E-state index is 14.6. The van der Waals surface area contributed by atoms with Gasteiger partial charge in [-0.3, -0.25) is 19.1 Å². The van der Waals surface area contributed by atoms with Crippen molar-refractivity contribution in [3.05, 3.63) is 71.8 Å². The number of carbonyl (C=O) groups excluding carboxylic acids is 4. The van der Waals surface area contributed by atoms with Crippen LogP contribution in [0.2, 0.25) is 0 Å². The number of carbonyl (C=O) groups is 4. The Bertz CT molecular complexity index is 1980. The van der Waals surface area contributed by atoms with Gasteiger partial charge in [-0.05, 0) is 56.7 Å². The number of hydrogen-bond donors (Lipinski definition) is 3. The number of hydrogen-bond acceptors (Lipinski definition) is 9. The van der Waals surface area contributed by atoms with Crippen molar-refractivity contribution >= 4 is 39.5 Å². The molecule has 0 aromatic heterocycles. The minimum atomic E-state index is -3.88. The van der Waals surface area contributed by atoms with Gasteiger partial charge in [0.15, 0.2) is 0 Å². The summed E-state index contributed by atoms with van der Waals surface area (Å²) in [6, 6.07) is 13.6. The Morgan fingerprint density at radius 2 is 1.58 bits per heavy atom. The van der Waals surface area contributed by atoms with E-state index in [9.17, 15) is 27.6 Å². The predicted octanol–water partition coefficient (Wildman–Crippen LogP) is 2.73. The molecule has 2 saturated carbocycles. The van der Waals surface area contributed by atoms with Crippen LogP contribution in [0.15, 0.2) is 65.8 Å². The summed E-state index contributed by atoms with van der Waals surface area (Å²) in [7, 11) is -1.87. The number of oxime groups is 1. The largest absolute Gasteiger partial charge is 0.390 e. The van der Waals surface area contributed by atoms with E-state index in [4.69, 9.17) is 4.84 Å². The Labute approximate surface area is 321 Å². The van der Waals surface area contributed by atoms with E-state index in [0.29, 0.717) is 44.5 Å². The first kappa shape index (κ1) is 37.2. The number of fused-ring (bicyclic) bond motifs is 5. The molecule has 0 radical (unpaired) electrons. The number of allylic oxidation sites excluding steroid dienone is 1. The number of likely N-dealkylation sites (N-methyl/N-ethyl adjacent to an activating group) is 1. The lowest BCUT2D eigenvalue weighted by molar-refractivity contribution is -0.141. The molecule has 2 aromatic rings. The number of sulfonamides is 1. The van der Waals surface area contributed by atoms with Gasteiger partial charge < -0.3 is 30.2 Å². The summed E-state index contributed by atoms with van der Waals surface area (Å²) in [5, 5.41) is 9.94. The molecule has 3 N–H and O–H groups in total. The van der Waals surface area contributed by atoms with Gasteiger partial charge in [0.2, 0.25) is 21.8 Å². The second kappa shape index (κ2) is 15.1. The number of piperazine rings is 1. The zero-order valence-electron chi connectivity index (χ0n) is 31.1. The van der Waals surface area contributed by atoms with Crippen molar-refractivity contribution in [2.24, 2.45) is 11.1 Å². The minimum Gasteiger partial charge on any atom is -0.390 e. The van der Waals surface area contributed by atoms with Crippen molar-refractivity contribution in [1.82, 2.24) is 30.1 Å². The van der Waals surface area contributed by atoms with Gasteiger partial charge in [0.1, 0.15) is 29.4 Å². The lowest BCUT2D eigenvalue weighted by Gasteiger charge is -2.34. The first-order valence-electron chi connectivity index (χ1n) is 19.6. The number of amides is 5. The van der Waals surface area contributed by atoms with Crippen molar-refractivity contribution in [2.45, 2.75) is 86.8 Å². The number of nitrogens with one attached hydrogen (secondary N) is 3. The van der Waals surface area contributed by atoms with Gasteiger partial charge in [0.05, 0.1) is 11.8 Å². The van der Waals surface area contributed by atoms with Crippen LogP contribution in [0.3, 0.4) is 0 Å². The summed E-state index contributed by atoms with van der Waals surface area (Å²) in [6.07, 6.45) is 7.89. The quantitative estimate of drug-likeness (QED) is 0.254. The monoisotopic (exact) mass is 771 g/mol. The number of benzene rings is 2. The van der Waals surface area contributed by atoms with Crippen LogP contribution in [0.5, 0.6) is 0 Å². The van der Waals surface area contributed by atoms with Gasteiger partial charge in [0, 0.05) is 49.6 Å². The van der Waals surface area contributed by atoms with E-state index in [1.807, 2.05) is 67.7 Å². The van der Waals surface area contributed by atoms with Crippen LogP contribution in [-0.4, -0.2) is 121 Å². The minimum absolute atomic E-state index is 0.0243. The van der Waals surface area contributed by atoms with Gasteiger partial charge in [-0.15, -0.1) is 0 Å². The Hall–Kier alpha value is -4.76. The maximum absolute atomic E-state index is 14.6. The highest BCUT2D eigenvalue weighted by Crippen LogP contribution is 2.46. The SMILES string of the molecule is CN1CCN(C(=O)N[C@H]2CCCCC/C=C\C3CC3(C(=O)NS(=O)(=O)C3CC3)NC(=O)[C@@H]3C[C@@H](ON=C4c5ccccc5-c5ccccc54)CN3C2=O)CC1. The van der Waals surface area contributed by atoms with Crippen LogP contribution in [0.4, 0.5) is 4.79 Å². The zero-order valence-corrected chi connectivity index (χ0v) is 31.9. The highest BCUT2D eigenvalue weighted by Gasteiger charge is 2.62. The second-order valence-electron chi connectivity index (χ2n) is 15.8. The molecule has 8 rings (SSSR count). The molecule has 2 aromatic carbocycles. The predicted molar refractivity (Wildman–Crippen MR) is 205 cm³/mol. The first-order valence-corrected chi connectivity index (χ1v) is 21.1. The fraction of sp³-hybridized carbons (Fsp3) is 0.525. The lowest BCUT2D eigenvalue weighted by atomic mass is 10.0. The van der Waals surface area contributed by atoms with Crippen molar-refractivity contribution in [1.29, 1.82) is 0 Å². The highest BCUT2D eigenvalue weighted by atomic mass is 32.2. The molecular weight excluding hydrogens is 723 g/mol. The molecule has 3 heterocycles. The Morgan fingerprint density at radius 3 is 2.25 bits per heavy atom. The van der Waals surface area contributed by atoms with Crippen LogP contribution in [-0.2, 0) is 29.2 Å². The van der Waals surface area contributed by atoms with Crippen molar-refractivity contribution in [2.75, 3.05) is 39.8 Å². The Kier molecular flexibility index (Phi) is 10.2. The number of nitrogens with zero attached hydrogens (tertiary/aromatic N) is 4. The topological polar surface area (TPSA) is 170 Å². The van der Waals surface area contributed by atoms with E-state index < -0.39 is 62.6 Å². The molecule has 0 bridgehead atoms. The van der Waals surface area contributed by atoms with E-state index in [1.165, 1.54) is 4.90 Å². The van der Waals surface area contributed by atoms with E-state index in [1.54, 1.807) is 4.90 Å². The molecule has 55 heavy (non-hydrogen) atoms. The second-order valence-corrected chi connectivity index (χ2v) is 17.8. The first-order chi connectivity index (χ1) is 26.5. The molecule has 6 aliphatic rings. The van der Waals surface area contributed by atoms with Gasteiger partial charge in [-0.1, -0.05) is 78.7 Å². The molecule has 2 unspecified atom stereocenters. The molecule has 0 spiro atoms. The molecular formula is C40H49N7O7S. The molecule has 5 atom stereocenters. The van der Waals surface area contributed by atoms with Gasteiger partial charge in [-0.2, -0.15) is 0 Å². The lowest BCUT2D eigenvalue weighted by Crippen LogP contribution is -2.59.